The largest absolute Gasteiger partial charge is 0.468 e. The molecule has 1 aliphatic carbocycles. The van der Waals surface area contributed by atoms with Gasteiger partial charge in [0.05, 0.1) is 18.1 Å². The number of nitrogens with one attached hydrogen (secondary N) is 1. The zero-order valence-corrected chi connectivity index (χ0v) is 15.4. The van der Waals surface area contributed by atoms with E-state index in [2.05, 4.69) is 20.7 Å². The molecular weight excluding hydrogens is 386 g/mol. The Morgan fingerprint density at radius 2 is 1.78 bits per heavy atom. The summed E-state index contributed by atoms with van der Waals surface area (Å²) in [4.78, 5) is 12.4. The van der Waals surface area contributed by atoms with Crippen molar-refractivity contribution in [2.75, 3.05) is 14.2 Å². The van der Waals surface area contributed by atoms with Gasteiger partial charge < -0.3 is 9.47 Å². The third-order valence-electron chi connectivity index (χ3n) is 4.15. The number of benzene rings is 1. The van der Waals surface area contributed by atoms with Crippen molar-refractivity contribution in [3.05, 3.63) is 28.7 Å². The second-order valence-electron chi connectivity index (χ2n) is 5.57. The molecule has 0 radical (unpaired) electrons. The molecule has 1 N–H and O–H groups in total. The molecule has 1 aromatic rings. The molecule has 128 valence electrons. The first-order valence-electron chi connectivity index (χ1n) is 7.24. The van der Waals surface area contributed by atoms with E-state index in [0.29, 0.717) is 25.7 Å². The van der Waals surface area contributed by atoms with Crippen LogP contribution < -0.4 is 4.72 Å². The SMILES string of the molecule is COC(=O)C1(NS(=O)(=O)c2ccc(Br)cc2)CCC(OC)CC1. The van der Waals surface area contributed by atoms with Gasteiger partial charge in [-0.3, -0.25) is 4.79 Å². The van der Waals surface area contributed by atoms with Crippen molar-refractivity contribution in [1.29, 1.82) is 0 Å². The smallest absolute Gasteiger partial charge is 0.327 e. The van der Waals surface area contributed by atoms with Crippen LogP contribution in [0.15, 0.2) is 33.6 Å². The summed E-state index contributed by atoms with van der Waals surface area (Å²) in [5.74, 6) is -0.562. The Labute approximate surface area is 144 Å². The molecule has 1 saturated carbocycles. The number of ether oxygens (including phenoxy) is 2. The van der Waals surface area contributed by atoms with Crippen LogP contribution in [0.3, 0.4) is 0 Å². The fourth-order valence-corrected chi connectivity index (χ4v) is 4.47. The summed E-state index contributed by atoms with van der Waals surface area (Å²) in [6.45, 7) is 0. The molecule has 8 heteroatoms. The maximum Gasteiger partial charge on any atom is 0.327 e. The summed E-state index contributed by atoms with van der Waals surface area (Å²) in [5, 5.41) is 0. The lowest BCUT2D eigenvalue weighted by atomic mass is 9.81. The zero-order chi connectivity index (χ0) is 17.1. The highest BCUT2D eigenvalue weighted by molar-refractivity contribution is 9.10. The molecule has 6 nitrogen and oxygen atoms in total. The third-order valence-corrected chi connectivity index (χ3v) is 6.23. The van der Waals surface area contributed by atoms with Crippen molar-refractivity contribution in [2.24, 2.45) is 0 Å². The van der Waals surface area contributed by atoms with Crippen molar-refractivity contribution in [1.82, 2.24) is 4.72 Å². The molecule has 1 fully saturated rings. The van der Waals surface area contributed by atoms with E-state index in [1.54, 1.807) is 19.2 Å². The van der Waals surface area contributed by atoms with Gasteiger partial charge in [-0.05, 0) is 49.9 Å². The van der Waals surface area contributed by atoms with Crippen LogP contribution in [0.5, 0.6) is 0 Å². The second kappa shape index (κ2) is 7.29. The van der Waals surface area contributed by atoms with E-state index in [0.717, 1.165) is 4.47 Å². The van der Waals surface area contributed by atoms with Crippen LogP contribution in [0.25, 0.3) is 0 Å². The minimum atomic E-state index is -3.83. The number of esters is 1. The quantitative estimate of drug-likeness (QED) is 0.759. The van der Waals surface area contributed by atoms with Crippen molar-refractivity contribution >= 4 is 31.9 Å². The highest BCUT2D eigenvalue weighted by atomic mass is 79.9. The van der Waals surface area contributed by atoms with E-state index in [9.17, 15) is 13.2 Å². The molecule has 0 spiro atoms. The lowest BCUT2D eigenvalue weighted by Gasteiger charge is -2.37. The van der Waals surface area contributed by atoms with Crippen molar-refractivity contribution < 1.29 is 22.7 Å². The number of carbonyl (C=O) groups excluding carboxylic acids is 1. The predicted molar refractivity (Wildman–Crippen MR) is 88.5 cm³/mol. The second-order valence-corrected chi connectivity index (χ2v) is 8.17. The first-order chi connectivity index (χ1) is 10.8. The molecular formula is C15H20BrNO5S. The Balaban J connectivity index is 2.27. The molecule has 0 atom stereocenters. The molecule has 0 amide bonds. The van der Waals surface area contributed by atoms with Gasteiger partial charge in [0.1, 0.15) is 5.54 Å². The molecule has 0 heterocycles. The summed E-state index contributed by atoms with van der Waals surface area (Å²) in [7, 11) is -0.950. The predicted octanol–water partition coefficient (Wildman–Crippen LogP) is 2.23. The number of hydrogen-bond donors (Lipinski definition) is 1. The summed E-state index contributed by atoms with van der Waals surface area (Å²) in [6.07, 6.45) is 1.90. The van der Waals surface area contributed by atoms with Gasteiger partial charge in [0.15, 0.2) is 0 Å². The fraction of sp³-hybridized carbons (Fsp3) is 0.533. The van der Waals surface area contributed by atoms with E-state index < -0.39 is 21.5 Å². The molecule has 23 heavy (non-hydrogen) atoms. The molecule has 0 aliphatic heterocycles. The highest BCUT2D eigenvalue weighted by Gasteiger charge is 2.46. The monoisotopic (exact) mass is 405 g/mol. The molecule has 0 saturated heterocycles. The number of methoxy groups -OCH3 is 2. The normalized spacial score (nSPS) is 25.1. The molecule has 0 unspecified atom stereocenters. The van der Waals surface area contributed by atoms with Gasteiger partial charge in [-0.15, -0.1) is 0 Å². The first kappa shape index (κ1) is 18.4. The summed E-state index contributed by atoms with van der Waals surface area (Å²) >= 11 is 3.27. The fourth-order valence-electron chi connectivity index (χ4n) is 2.79. The van der Waals surface area contributed by atoms with Gasteiger partial charge in [0, 0.05) is 11.6 Å². The number of carbonyl (C=O) groups is 1. The van der Waals surface area contributed by atoms with E-state index in [4.69, 9.17) is 9.47 Å². The number of halogens is 1. The van der Waals surface area contributed by atoms with Crippen LogP contribution in [-0.2, 0) is 24.3 Å². The average molecular weight is 406 g/mol. The average Bonchev–Trinajstić information content (AvgIpc) is 2.54. The van der Waals surface area contributed by atoms with Gasteiger partial charge in [0.25, 0.3) is 0 Å². The first-order valence-corrected chi connectivity index (χ1v) is 9.51. The Morgan fingerprint density at radius 1 is 1.22 bits per heavy atom. The number of hydrogen-bond acceptors (Lipinski definition) is 5. The molecule has 2 rings (SSSR count). The summed E-state index contributed by atoms with van der Waals surface area (Å²) < 4.78 is 38.7. The van der Waals surface area contributed by atoms with Crippen molar-refractivity contribution in [3.8, 4) is 0 Å². The van der Waals surface area contributed by atoms with E-state index >= 15 is 0 Å². The lowest BCUT2D eigenvalue weighted by molar-refractivity contribution is -0.150. The molecule has 1 aliphatic rings. The Hall–Kier alpha value is -0.960. The topological polar surface area (TPSA) is 81.7 Å². The van der Waals surface area contributed by atoms with Crippen LogP contribution in [-0.4, -0.2) is 40.2 Å². The molecule has 1 aromatic carbocycles. The van der Waals surface area contributed by atoms with Crippen molar-refractivity contribution in [2.45, 2.75) is 42.2 Å². The van der Waals surface area contributed by atoms with Crippen LogP contribution >= 0.6 is 15.9 Å². The van der Waals surface area contributed by atoms with E-state index in [1.165, 1.54) is 19.2 Å². The van der Waals surface area contributed by atoms with Crippen LogP contribution in [0.2, 0.25) is 0 Å². The van der Waals surface area contributed by atoms with E-state index in [1.807, 2.05) is 0 Å². The summed E-state index contributed by atoms with van der Waals surface area (Å²) in [5.41, 5.74) is -1.24. The summed E-state index contributed by atoms with van der Waals surface area (Å²) in [6, 6.07) is 6.25. The highest BCUT2D eigenvalue weighted by Crippen LogP contribution is 2.32. The Bertz CT molecular complexity index is 651. The van der Waals surface area contributed by atoms with Gasteiger partial charge >= 0.3 is 5.97 Å². The van der Waals surface area contributed by atoms with Crippen LogP contribution in [0.4, 0.5) is 0 Å². The Morgan fingerprint density at radius 3 is 2.26 bits per heavy atom. The molecule has 0 bridgehead atoms. The minimum absolute atomic E-state index is 0.0324. The minimum Gasteiger partial charge on any atom is -0.468 e. The van der Waals surface area contributed by atoms with Crippen LogP contribution in [0.1, 0.15) is 25.7 Å². The number of sulfonamides is 1. The number of rotatable bonds is 5. The lowest BCUT2D eigenvalue weighted by Crippen LogP contribution is -2.57. The van der Waals surface area contributed by atoms with Gasteiger partial charge in [0.2, 0.25) is 10.0 Å². The van der Waals surface area contributed by atoms with Gasteiger partial charge in [-0.2, -0.15) is 4.72 Å². The standard InChI is InChI=1S/C15H20BrNO5S/c1-21-12-7-9-15(10-8-12,14(18)22-2)17-23(19,20)13-5-3-11(16)4-6-13/h3-6,12,17H,7-10H2,1-2H3. The Kier molecular flexibility index (Phi) is 5.83. The van der Waals surface area contributed by atoms with Crippen molar-refractivity contribution in [3.63, 3.8) is 0 Å². The van der Waals surface area contributed by atoms with E-state index in [-0.39, 0.29) is 11.0 Å². The maximum absolute atomic E-state index is 12.6. The molecule has 0 aromatic heterocycles. The van der Waals surface area contributed by atoms with Gasteiger partial charge in [-0.25, -0.2) is 8.42 Å². The third kappa shape index (κ3) is 4.12. The zero-order valence-electron chi connectivity index (χ0n) is 13.0. The van der Waals surface area contributed by atoms with Crippen LogP contribution in [0, 0.1) is 0 Å². The van der Waals surface area contributed by atoms with Gasteiger partial charge in [-0.1, -0.05) is 15.9 Å². The maximum atomic E-state index is 12.6.